The molecular formula is C13H11Br2ClN2O2S. The number of benzene rings is 2. The van der Waals surface area contributed by atoms with Gasteiger partial charge in [0.25, 0.3) is 10.0 Å². The highest BCUT2D eigenvalue weighted by molar-refractivity contribution is 9.11. The molecule has 21 heavy (non-hydrogen) atoms. The summed E-state index contributed by atoms with van der Waals surface area (Å²) in [6.07, 6.45) is 0. The van der Waals surface area contributed by atoms with E-state index in [2.05, 4.69) is 36.6 Å². The molecule has 0 aromatic heterocycles. The zero-order valence-electron chi connectivity index (χ0n) is 10.8. The van der Waals surface area contributed by atoms with Gasteiger partial charge in [0.15, 0.2) is 0 Å². The van der Waals surface area contributed by atoms with Crippen LogP contribution in [0.3, 0.4) is 0 Å². The molecule has 2 rings (SSSR count). The molecule has 0 heterocycles. The zero-order valence-corrected chi connectivity index (χ0v) is 15.6. The van der Waals surface area contributed by atoms with E-state index in [1.165, 1.54) is 12.1 Å². The van der Waals surface area contributed by atoms with Gasteiger partial charge in [-0.3, -0.25) is 4.72 Å². The molecule has 0 saturated heterocycles. The minimum atomic E-state index is -3.84. The number of nitrogens with two attached hydrogens (primary N) is 1. The summed E-state index contributed by atoms with van der Waals surface area (Å²) >= 11 is 12.6. The number of hydrogen-bond donors (Lipinski definition) is 2. The molecule has 0 fully saturated rings. The van der Waals surface area contributed by atoms with Gasteiger partial charge in [-0.1, -0.05) is 27.5 Å². The van der Waals surface area contributed by atoms with Crippen LogP contribution in [0.1, 0.15) is 5.56 Å². The van der Waals surface area contributed by atoms with E-state index in [4.69, 9.17) is 17.3 Å². The van der Waals surface area contributed by atoms with E-state index in [0.29, 0.717) is 15.8 Å². The van der Waals surface area contributed by atoms with Gasteiger partial charge >= 0.3 is 0 Å². The molecule has 0 bridgehead atoms. The number of aryl methyl sites for hydroxylation is 1. The van der Waals surface area contributed by atoms with Crippen LogP contribution in [0.25, 0.3) is 0 Å². The summed E-state index contributed by atoms with van der Waals surface area (Å²) < 4.78 is 28.8. The first-order chi connectivity index (χ1) is 9.70. The first-order valence-corrected chi connectivity index (χ1v) is 9.19. The van der Waals surface area contributed by atoms with E-state index in [0.717, 1.165) is 10.0 Å². The van der Waals surface area contributed by atoms with Crippen molar-refractivity contribution in [2.75, 3.05) is 10.5 Å². The van der Waals surface area contributed by atoms with Crippen LogP contribution in [0.5, 0.6) is 0 Å². The minimum absolute atomic E-state index is 0.0563. The van der Waals surface area contributed by atoms with Gasteiger partial charge in [-0.25, -0.2) is 8.42 Å². The van der Waals surface area contributed by atoms with Crippen LogP contribution in [0.2, 0.25) is 5.02 Å². The van der Waals surface area contributed by atoms with Gasteiger partial charge in [0.2, 0.25) is 0 Å². The van der Waals surface area contributed by atoms with Gasteiger partial charge in [-0.2, -0.15) is 0 Å². The van der Waals surface area contributed by atoms with Crippen LogP contribution >= 0.6 is 43.5 Å². The first-order valence-electron chi connectivity index (χ1n) is 5.74. The lowest BCUT2D eigenvalue weighted by atomic mass is 10.2. The topological polar surface area (TPSA) is 72.2 Å². The quantitative estimate of drug-likeness (QED) is 0.668. The number of anilines is 2. The molecule has 0 atom stereocenters. The third kappa shape index (κ3) is 3.71. The molecular weight excluding hydrogens is 443 g/mol. The van der Waals surface area contributed by atoms with E-state index in [1.807, 2.05) is 0 Å². The van der Waals surface area contributed by atoms with Crippen molar-refractivity contribution in [2.45, 2.75) is 11.8 Å². The highest BCUT2D eigenvalue weighted by Gasteiger charge is 2.20. The van der Waals surface area contributed by atoms with Gasteiger partial charge < -0.3 is 5.73 Å². The van der Waals surface area contributed by atoms with E-state index in [9.17, 15) is 8.42 Å². The summed E-state index contributed by atoms with van der Waals surface area (Å²) in [4.78, 5) is -0.0563. The third-order valence-electron chi connectivity index (χ3n) is 2.78. The lowest BCUT2D eigenvalue weighted by Crippen LogP contribution is -2.14. The maximum Gasteiger partial charge on any atom is 0.263 e. The fourth-order valence-electron chi connectivity index (χ4n) is 1.65. The Bertz CT molecular complexity index is 810. The summed E-state index contributed by atoms with van der Waals surface area (Å²) in [6.45, 7) is 1.76. The Labute approximate surface area is 145 Å². The van der Waals surface area contributed by atoms with Gasteiger partial charge in [-0.15, -0.1) is 0 Å². The zero-order chi connectivity index (χ0) is 15.8. The highest BCUT2D eigenvalue weighted by Crippen LogP contribution is 2.31. The number of rotatable bonds is 3. The molecule has 4 nitrogen and oxygen atoms in total. The molecule has 112 valence electrons. The normalized spacial score (nSPS) is 11.4. The van der Waals surface area contributed by atoms with Crippen molar-refractivity contribution in [3.8, 4) is 0 Å². The maximum absolute atomic E-state index is 12.5. The Balaban J connectivity index is 2.48. The molecule has 0 saturated carbocycles. The highest BCUT2D eigenvalue weighted by atomic mass is 79.9. The number of hydrogen-bond acceptors (Lipinski definition) is 3. The van der Waals surface area contributed by atoms with Crippen LogP contribution in [-0.2, 0) is 10.0 Å². The van der Waals surface area contributed by atoms with Crippen LogP contribution in [0.4, 0.5) is 11.4 Å². The number of halogens is 3. The first kappa shape index (κ1) is 16.6. The number of nitrogens with one attached hydrogen (secondary N) is 1. The molecule has 0 aliphatic heterocycles. The van der Waals surface area contributed by atoms with Crippen LogP contribution in [0.15, 0.2) is 44.2 Å². The van der Waals surface area contributed by atoms with Crippen molar-refractivity contribution in [2.24, 2.45) is 0 Å². The Morgan fingerprint density at radius 3 is 2.52 bits per heavy atom. The van der Waals surface area contributed by atoms with Crippen molar-refractivity contribution in [3.05, 3.63) is 49.9 Å². The fraction of sp³-hybridized carbons (Fsp3) is 0.0769. The molecule has 0 amide bonds. The van der Waals surface area contributed by atoms with Crippen LogP contribution in [0, 0.1) is 6.92 Å². The minimum Gasteiger partial charge on any atom is -0.398 e. The van der Waals surface area contributed by atoms with Crippen molar-refractivity contribution >= 4 is 64.9 Å². The van der Waals surface area contributed by atoms with Gasteiger partial charge in [-0.05, 0) is 58.7 Å². The fourth-order valence-corrected chi connectivity index (χ4v) is 4.18. The molecule has 2 aromatic carbocycles. The molecule has 0 radical (unpaired) electrons. The van der Waals surface area contributed by atoms with Crippen molar-refractivity contribution in [3.63, 3.8) is 0 Å². The van der Waals surface area contributed by atoms with Crippen LogP contribution in [-0.4, -0.2) is 8.42 Å². The smallest absolute Gasteiger partial charge is 0.263 e. The lowest BCUT2D eigenvalue weighted by molar-refractivity contribution is 0.601. The predicted octanol–water partition coefficient (Wildman–Crippen LogP) is 4.56. The molecule has 0 aliphatic rings. The van der Waals surface area contributed by atoms with Crippen molar-refractivity contribution < 1.29 is 8.42 Å². The maximum atomic E-state index is 12.5. The molecule has 2 aromatic rings. The van der Waals surface area contributed by atoms with E-state index >= 15 is 0 Å². The van der Waals surface area contributed by atoms with Crippen molar-refractivity contribution in [1.82, 2.24) is 0 Å². The summed E-state index contributed by atoms with van der Waals surface area (Å²) in [6, 6.07) is 8.05. The Kier molecular flexibility index (Phi) is 4.87. The SMILES string of the molecule is Cc1cc(Cl)c(S(=O)(=O)Nc2cc(Br)ccc2Br)cc1N. The molecule has 8 heteroatoms. The number of sulfonamides is 1. The summed E-state index contributed by atoms with van der Waals surface area (Å²) in [5.74, 6) is 0. The third-order valence-corrected chi connectivity index (χ3v) is 5.80. The standard InChI is InChI=1S/C13H11Br2ClN2O2S/c1-7-4-10(16)13(6-11(7)17)21(19,20)18-12-5-8(14)2-3-9(12)15/h2-6,18H,17H2,1H3. The summed E-state index contributed by atoms with van der Waals surface area (Å²) in [5.41, 5.74) is 7.26. The molecule has 3 N–H and O–H groups in total. The Morgan fingerprint density at radius 1 is 1.19 bits per heavy atom. The second-order valence-corrected chi connectivity index (χ2v) is 8.20. The van der Waals surface area contributed by atoms with Gasteiger partial charge in [0.05, 0.1) is 10.7 Å². The molecule has 0 unspecified atom stereocenters. The largest absolute Gasteiger partial charge is 0.398 e. The van der Waals surface area contributed by atoms with Crippen LogP contribution < -0.4 is 10.5 Å². The molecule has 0 spiro atoms. The van der Waals surface area contributed by atoms with Gasteiger partial charge in [0.1, 0.15) is 4.90 Å². The average Bonchev–Trinajstić information content (AvgIpc) is 2.37. The second kappa shape index (κ2) is 6.16. The number of nitrogen functional groups attached to an aromatic ring is 1. The summed E-state index contributed by atoms with van der Waals surface area (Å²) in [5, 5.41) is 0.125. The Morgan fingerprint density at radius 2 is 1.86 bits per heavy atom. The predicted molar refractivity (Wildman–Crippen MR) is 93.3 cm³/mol. The monoisotopic (exact) mass is 452 g/mol. The average molecular weight is 455 g/mol. The lowest BCUT2D eigenvalue weighted by Gasteiger charge is -2.13. The second-order valence-electron chi connectivity index (χ2n) is 4.37. The van der Waals surface area contributed by atoms with Gasteiger partial charge in [0, 0.05) is 14.6 Å². The molecule has 0 aliphatic carbocycles. The summed E-state index contributed by atoms with van der Waals surface area (Å²) in [7, 11) is -3.84. The van der Waals surface area contributed by atoms with E-state index in [-0.39, 0.29) is 9.92 Å². The Hall–Kier alpha value is -0.760. The van der Waals surface area contributed by atoms with Crippen molar-refractivity contribution in [1.29, 1.82) is 0 Å². The van der Waals surface area contributed by atoms with E-state index < -0.39 is 10.0 Å². The van der Waals surface area contributed by atoms with E-state index in [1.54, 1.807) is 25.1 Å².